The number of pyridine rings is 1. The largest absolute Gasteiger partial charge is 0.431 e. The molecule has 4 saturated carbocycles. The number of nitrogens with one attached hydrogen (secondary N) is 1. The maximum atomic E-state index is 13.2. The van der Waals surface area contributed by atoms with Crippen molar-refractivity contribution in [3.05, 3.63) is 42.6 Å². The lowest BCUT2D eigenvalue weighted by Crippen LogP contribution is -2.62. The Hall–Kier alpha value is -3.53. The maximum absolute atomic E-state index is 13.2. The van der Waals surface area contributed by atoms with Crippen LogP contribution in [0.4, 0.5) is 27.7 Å². The highest BCUT2D eigenvalue weighted by molar-refractivity contribution is 5.82. The van der Waals surface area contributed by atoms with E-state index in [-0.39, 0.29) is 29.2 Å². The average molecular weight is 574 g/mol. The van der Waals surface area contributed by atoms with Crippen LogP contribution in [-0.2, 0) is 9.63 Å². The Bertz CT molecular complexity index is 1310. The summed E-state index contributed by atoms with van der Waals surface area (Å²) in [7, 11) is 0. The second kappa shape index (κ2) is 10.6. The van der Waals surface area contributed by atoms with Crippen molar-refractivity contribution in [1.82, 2.24) is 15.2 Å². The first-order valence-electron chi connectivity index (χ1n) is 15.7. The quantitative estimate of drug-likeness (QED) is 0.536. The monoisotopic (exact) mass is 573 g/mol. The molecule has 1 aromatic carbocycles. The van der Waals surface area contributed by atoms with Crippen molar-refractivity contribution in [2.75, 3.05) is 54.1 Å². The first-order chi connectivity index (χ1) is 20.3. The predicted octanol–water partition coefficient (Wildman–Crippen LogP) is 3.89. The van der Waals surface area contributed by atoms with Crippen molar-refractivity contribution < 1.29 is 14.4 Å². The first-order valence-corrected chi connectivity index (χ1v) is 15.7. The number of benzene rings is 1. The highest BCUT2D eigenvalue weighted by Gasteiger charge is 2.58. The van der Waals surface area contributed by atoms with E-state index in [0.29, 0.717) is 25.0 Å². The minimum absolute atomic E-state index is 0.0362. The molecule has 3 heterocycles. The molecule has 2 aliphatic heterocycles. The first kappa shape index (κ1) is 27.3. The van der Waals surface area contributed by atoms with Gasteiger partial charge < -0.3 is 25.7 Å². The third-order valence-electron chi connectivity index (χ3n) is 10.7. The number of nitrogens with two attached hydrogens (primary N) is 1. The number of hydroxylamine groups is 1. The normalized spacial score (nSPS) is 30.4. The molecule has 10 nitrogen and oxygen atoms in total. The summed E-state index contributed by atoms with van der Waals surface area (Å²) in [6.45, 7) is 9.83. The third-order valence-corrected chi connectivity index (χ3v) is 10.7. The molecule has 3 unspecified atom stereocenters. The molecule has 6 aliphatic rings. The molecule has 0 radical (unpaired) electrons. The Balaban J connectivity index is 1.01. The van der Waals surface area contributed by atoms with E-state index >= 15 is 0 Å². The van der Waals surface area contributed by atoms with Gasteiger partial charge >= 0.3 is 6.09 Å². The minimum atomic E-state index is -0.427. The second-order valence-corrected chi connectivity index (χ2v) is 13.4. The summed E-state index contributed by atoms with van der Waals surface area (Å²) in [6.07, 6.45) is 6.13. The molecule has 2 aromatic rings. The van der Waals surface area contributed by atoms with Gasteiger partial charge in [-0.05, 0) is 88.0 Å². The fourth-order valence-electron chi connectivity index (χ4n) is 8.71. The Labute approximate surface area is 248 Å². The fourth-order valence-corrected chi connectivity index (χ4v) is 8.71. The topological polar surface area (TPSA) is 107 Å². The molecule has 224 valence electrons. The van der Waals surface area contributed by atoms with E-state index in [4.69, 9.17) is 15.6 Å². The van der Waals surface area contributed by atoms with E-state index < -0.39 is 6.09 Å². The molecular formula is C32H43N7O3. The maximum Gasteiger partial charge on any atom is 0.431 e. The van der Waals surface area contributed by atoms with Crippen LogP contribution in [0.3, 0.4) is 0 Å². The smallest absolute Gasteiger partial charge is 0.369 e. The van der Waals surface area contributed by atoms with Gasteiger partial charge in [-0.15, -0.1) is 0 Å². The fraction of sp³-hybridized carbons (Fsp3) is 0.594. The van der Waals surface area contributed by atoms with E-state index in [1.165, 1.54) is 0 Å². The number of piperazine rings is 1. The van der Waals surface area contributed by atoms with E-state index in [1.807, 2.05) is 30.5 Å². The van der Waals surface area contributed by atoms with Gasteiger partial charge in [0.15, 0.2) is 0 Å². The number of amides is 2. The van der Waals surface area contributed by atoms with Gasteiger partial charge in [0.1, 0.15) is 5.82 Å². The van der Waals surface area contributed by atoms with E-state index in [9.17, 15) is 9.59 Å². The van der Waals surface area contributed by atoms with Crippen LogP contribution in [0.15, 0.2) is 42.6 Å². The van der Waals surface area contributed by atoms with Gasteiger partial charge in [-0.3, -0.25) is 9.69 Å². The molecule has 0 spiro atoms. The Morgan fingerprint density at radius 3 is 2.31 bits per heavy atom. The predicted molar refractivity (Wildman–Crippen MR) is 163 cm³/mol. The lowest BCUT2D eigenvalue weighted by atomic mass is 9.47. The summed E-state index contributed by atoms with van der Waals surface area (Å²) < 4.78 is 0. The molecule has 1 aromatic heterocycles. The number of anilines is 4. The van der Waals surface area contributed by atoms with Gasteiger partial charge in [0.2, 0.25) is 5.91 Å². The SMILES string of the molecule is CC(C)N1CCN(c2ccc(N3CCN(OC(=O)NC4[C@@H]5CC6C[C@H]4CC(C(N)=O)(C6)C5)c4ccccc43)nc2)CC1. The summed E-state index contributed by atoms with van der Waals surface area (Å²) in [4.78, 5) is 43.4. The van der Waals surface area contributed by atoms with Gasteiger partial charge in [-0.1, -0.05) is 12.1 Å². The number of nitrogens with zero attached hydrogens (tertiary/aromatic N) is 5. The Kier molecular flexibility index (Phi) is 6.91. The number of hydrogen-bond acceptors (Lipinski definition) is 8. The van der Waals surface area contributed by atoms with Crippen molar-refractivity contribution in [3.8, 4) is 0 Å². The van der Waals surface area contributed by atoms with Crippen LogP contribution in [0.2, 0.25) is 0 Å². The number of carbonyl (C=O) groups excluding carboxylic acids is 2. The van der Waals surface area contributed by atoms with Gasteiger partial charge in [0.25, 0.3) is 0 Å². The molecule has 10 heteroatoms. The zero-order valence-electron chi connectivity index (χ0n) is 24.7. The number of rotatable bonds is 6. The number of para-hydroxylation sites is 2. The van der Waals surface area contributed by atoms with Crippen LogP contribution >= 0.6 is 0 Å². The molecule has 2 amide bonds. The number of hydrogen-bond donors (Lipinski definition) is 2. The van der Waals surface area contributed by atoms with E-state index in [0.717, 1.165) is 81.2 Å². The molecule has 42 heavy (non-hydrogen) atoms. The van der Waals surface area contributed by atoms with Crippen LogP contribution in [0.25, 0.3) is 0 Å². The lowest BCUT2D eigenvalue weighted by Gasteiger charge is -2.58. The zero-order chi connectivity index (χ0) is 29.0. The molecule has 4 aliphatic carbocycles. The van der Waals surface area contributed by atoms with Crippen molar-refractivity contribution in [2.45, 2.75) is 58.0 Å². The minimum Gasteiger partial charge on any atom is -0.369 e. The van der Waals surface area contributed by atoms with Crippen LogP contribution in [0.1, 0.15) is 46.0 Å². The van der Waals surface area contributed by atoms with Crippen LogP contribution < -0.4 is 25.9 Å². The Morgan fingerprint density at radius 2 is 1.67 bits per heavy atom. The number of aromatic nitrogens is 1. The summed E-state index contributed by atoms with van der Waals surface area (Å²) in [5.74, 6) is 1.84. The summed E-state index contributed by atoms with van der Waals surface area (Å²) >= 11 is 0. The highest BCUT2D eigenvalue weighted by atomic mass is 16.7. The van der Waals surface area contributed by atoms with Crippen molar-refractivity contribution in [3.63, 3.8) is 0 Å². The van der Waals surface area contributed by atoms with Crippen LogP contribution in [0.5, 0.6) is 0 Å². The highest BCUT2D eigenvalue weighted by Crippen LogP contribution is 2.60. The molecule has 8 rings (SSSR count). The van der Waals surface area contributed by atoms with Crippen LogP contribution in [0, 0.1) is 23.2 Å². The Morgan fingerprint density at radius 1 is 0.952 bits per heavy atom. The number of fused-ring (bicyclic) bond motifs is 1. The zero-order valence-corrected chi connectivity index (χ0v) is 24.7. The van der Waals surface area contributed by atoms with Gasteiger partial charge in [0.05, 0.1) is 29.8 Å². The molecule has 5 fully saturated rings. The van der Waals surface area contributed by atoms with Crippen molar-refractivity contribution in [1.29, 1.82) is 0 Å². The summed E-state index contributed by atoms with van der Waals surface area (Å²) in [6, 6.07) is 12.9. The number of carbonyl (C=O) groups is 2. The van der Waals surface area contributed by atoms with E-state index in [2.05, 4.69) is 46.0 Å². The average Bonchev–Trinajstić information content (AvgIpc) is 2.99. The lowest BCUT2D eigenvalue weighted by molar-refractivity contribution is -0.145. The molecule has 4 bridgehead atoms. The van der Waals surface area contributed by atoms with Gasteiger partial charge in [0, 0.05) is 50.2 Å². The molecule has 1 saturated heterocycles. The molecular weight excluding hydrogens is 530 g/mol. The third kappa shape index (κ3) is 4.83. The molecule has 5 atom stereocenters. The van der Waals surface area contributed by atoms with Gasteiger partial charge in [-0.2, -0.15) is 0 Å². The summed E-state index contributed by atoms with van der Waals surface area (Å²) in [5, 5.41) is 4.90. The van der Waals surface area contributed by atoms with E-state index in [1.54, 1.807) is 5.06 Å². The van der Waals surface area contributed by atoms with Crippen molar-refractivity contribution >= 4 is 34.9 Å². The second-order valence-electron chi connectivity index (χ2n) is 13.4. The van der Waals surface area contributed by atoms with Gasteiger partial charge in [-0.25, -0.2) is 14.8 Å². The standard InChI is InChI=1S/C32H43N7O3/c1-21(2)36-9-11-37(12-10-36)25-7-8-28(34-20-25)38-13-14-39(27-6-4-3-5-26(27)38)42-31(41)35-29-23-15-22-16-24(29)19-32(17-22,18-23)30(33)40/h3-8,20-24,29H,9-19H2,1-2H3,(H2,33,40)(H,35,41)/t22?,23-,24+,29?,32?. The number of primary amides is 1. The van der Waals surface area contributed by atoms with Crippen LogP contribution in [-0.4, -0.2) is 73.2 Å². The molecule has 3 N–H and O–H groups in total. The van der Waals surface area contributed by atoms with Crippen molar-refractivity contribution in [2.24, 2.45) is 28.9 Å². The summed E-state index contributed by atoms with van der Waals surface area (Å²) in [5.41, 5.74) is 8.43.